The topological polar surface area (TPSA) is 40.5 Å². The fourth-order valence-corrected chi connectivity index (χ4v) is 0.950. The van der Waals surface area contributed by atoms with Gasteiger partial charge in [-0.05, 0) is 24.6 Å². The highest BCUT2D eigenvalue weighted by Crippen LogP contribution is 2.38. The van der Waals surface area contributed by atoms with Gasteiger partial charge in [0.2, 0.25) is 0 Å². The lowest BCUT2D eigenvalue weighted by Gasteiger charge is -2.26. The summed E-state index contributed by atoms with van der Waals surface area (Å²) < 4.78 is 36.9. The van der Waals surface area contributed by atoms with Crippen LogP contribution in [0.4, 0.5) is 13.2 Å². The van der Waals surface area contributed by atoms with Gasteiger partial charge in [0.25, 0.3) is 0 Å². The van der Waals surface area contributed by atoms with Gasteiger partial charge in [-0.25, -0.2) is 0 Å². The van der Waals surface area contributed by atoms with Gasteiger partial charge in [0.15, 0.2) is 5.60 Å². The molecule has 0 aliphatic heterocycles. The van der Waals surface area contributed by atoms with Crippen LogP contribution in [0.15, 0.2) is 24.3 Å². The van der Waals surface area contributed by atoms with Crippen molar-refractivity contribution in [1.82, 2.24) is 0 Å². The third-order valence-corrected chi connectivity index (χ3v) is 1.98. The maximum Gasteiger partial charge on any atom is 0.421 e. The molecule has 1 aromatic rings. The van der Waals surface area contributed by atoms with E-state index in [1.54, 1.807) is 0 Å². The average molecular weight is 206 g/mol. The van der Waals surface area contributed by atoms with Crippen LogP contribution in [-0.2, 0) is 5.60 Å². The second-order valence-electron chi connectivity index (χ2n) is 3.12. The van der Waals surface area contributed by atoms with Gasteiger partial charge in [-0.1, -0.05) is 12.1 Å². The number of phenols is 1. The Hall–Kier alpha value is -1.23. The molecule has 0 heterocycles. The van der Waals surface area contributed by atoms with Crippen LogP contribution in [0.1, 0.15) is 12.5 Å². The molecule has 78 valence electrons. The molecule has 0 radical (unpaired) electrons. The van der Waals surface area contributed by atoms with Gasteiger partial charge >= 0.3 is 6.18 Å². The fraction of sp³-hybridized carbons (Fsp3) is 0.333. The lowest BCUT2D eigenvalue weighted by atomic mass is 9.95. The van der Waals surface area contributed by atoms with Crippen LogP contribution in [0.5, 0.6) is 5.75 Å². The molecule has 0 fully saturated rings. The van der Waals surface area contributed by atoms with Crippen LogP contribution >= 0.6 is 0 Å². The monoisotopic (exact) mass is 206 g/mol. The molecule has 1 rings (SSSR count). The maximum atomic E-state index is 12.3. The van der Waals surface area contributed by atoms with Crippen LogP contribution < -0.4 is 0 Å². The first kappa shape index (κ1) is 10.8. The molecule has 0 aromatic heterocycles. The second kappa shape index (κ2) is 3.16. The highest BCUT2D eigenvalue weighted by molar-refractivity contribution is 5.30. The Bertz CT molecular complexity index is 314. The minimum Gasteiger partial charge on any atom is -0.508 e. The predicted octanol–water partition coefficient (Wildman–Crippen LogP) is 2.16. The van der Waals surface area contributed by atoms with Gasteiger partial charge in [0.1, 0.15) is 5.75 Å². The normalized spacial score (nSPS) is 16.4. The van der Waals surface area contributed by atoms with E-state index in [2.05, 4.69) is 0 Å². The van der Waals surface area contributed by atoms with Crippen molar-refractivity contribution in [2.24, 2.45) is 0 Å². The van der Waals surface area contributed by atoms with E-state index in [0.717, 1.165) is 24.3 Å². The quantitative estimate of drug-likeness (QED) is 0.739. The molecule has 0 spiro atoms. The predicted molar refractivity (Wildman–Crippen MR) is 43.7 cm³/mol. The number of phenolic OH excluding ortho intramolecular Hbond substituents is 1. The highest BCUT2D eigenvalue weighted by atomic mass is 19.4. The van der Waals surface area contributed by atoms with E-state index in [-0.39, 0.29) is 11.3 Å². The summed E-state index contributed by atoms with van der Waals surface area (Å²) in [5.74, 6) is -0.147. The number of hydrogen-bond acceptors (Lipinski definition) is 2. The molecule has 0 amide bonds. The molecule has 14 heavy (non-hydrogen) atoms. The number of halogens is 3. The molecule has 0 aliphatic carbocycles. The Labute approximate surface area is 78.6 Å². The number of aliphatic hydroxyl groups is 1. The zero-order valence-electron chi connectivity index (χ0n) is 7.34. The third kappa shape index (κ3) is 1.82. The Kier molecular flexibility index (Phi) is 2.45. The summed E-state index contributed by atoms with van der Waals surface area (Å²) in [6, 6.07) is 4.25. The van der Waals surface area contributed by atoms with Crippen molar-refractivity contribution in [2.45, 2.75) is 18.7 Å². The van der Waals surface area contributed by atoms with Crippen LogP contribution in [0.2, 0.25) is 0 Å². The maximum absolute atomic E-state index is 12.3. The van der Waals surface area contributed by atoms with Crippen LogP contribution in [0.3, 0.4) is 0 Å². The standard InChI is InChI=1S/C9H9F3O2/c1-8(14,9(10,11)12)6-2-4-7(13)5-3-6/h2-5,13-14H,1H3/t8-/m0/s1. The van der Waals surface area contributed by atoms with Crippen molar-refractivity contribution in [3.63, 3.8) is 0 Å². The lowest BCUT2D eigenvalue weighted by molar-refractivity contribution is -0.258. The van der Waals surface area contributed by atoms with Crippen LogP contribution in [-0.4, -0.2) is 16.4 Å². The van der Waals surface area contributed by atoms with E-state index >= 15 is 0 Å². The van der Waals surface area contributed by atoms with Gasteiger partial charge in [0.05, 0.1) is 0 Å². The van der Waals surface area contributed by atoms with E-state index in [4.69, 9.17) is 5.11 Å². The molecular formula is C9H9F3O2. The summed E-state index contributed by atoms with van der Waals surface area (Å²) in [5, 5.41) is 18.1. The zero-order valence-corrected chi connectivity index (χ0v) is 7.34. The van der Waals surface area contributed by atoms with Gasteiger partial charge in [-0.15, -0.1) is 0 Å². The molecular weight excluding hydrogens is 197 g/mol. The lowest BCUT2D eigenvalue weighted by Crippen LogP contribution is -2.39. The SMILES string of the molecule is C[C@](O)(c1ccc(O)cc1)C(F)(F)F. The molecule has 5 heteroatoms. The highest BCUT2D eigenvalue weighted by Gasteiger charge is 2.50. The minimum atomic E-state index is -4.73. The molecule has 2 N–H and O–H groups in total. The molecule has 0 unspecified atom stereocenters. The van der Waals surface area contributed by atoms with E-state index < -0.39 is 11.8 Å². The number of rotatable bonds is 1. The summed E-state index contributed by atoms with van der Waals surface area (Å²) in [5.41, 5.74) is -3.19. The number of hydrogen-bond donors (Lipinski definition) is 2. The van der Waals surface area contributed by atoms with Crippen molar-refractivity contribution in [2.75, 3.05) is 0 Å². The molecule has 2 nitrogen and oxygen atoms in total. The Morgan fingerprint density at radius 3 is 1.86 bits per heavy atom. The number of aromatic hydroxyl groups is 1. The number of alkyl halides is 3. The summed E-state index contributed by atoms with van der Waals surface area (Å²) >= 11 is 0. The molecule has 0 aliphatic rings. The van der Waals surface area contributed by atoms with Crippen molar-refractivity contribution < 1.29 is 23.4 Å². The van der Waals surface area contributed by atoms with Gasteiger partial charge in [-0.3, -0.25) is 0 Å². The van der Waals surface area contributed by atoms with E-state index in [0.29, 0.717) is 6.92 Å². The summed E-state index contributed by atoms with van der Waals surface area (Å²) in [7, 11) is 0. The second-order valence-corrected chi connectivity index (χ2v) is 3.12. The van der Waals surface area contributed by atoms with Crippen molar-refractivity contribution in [3.8, 4) is 5.75 Å². The average Bonchev–Trinajstić information content (AvgIpc) is 2.03. The van der Waals surface area contributed by atoms with Crippen LogP contribution in [0.25, 0.3) is 0 Å². The third-order valence-electron chi connectivity index (χ3n) is 1.98. The Morgan fingerprint density at radius 2 is 1.50 bits per heavy atom. The van der Waals surface area contributed by atoms with E-state index in [1.807, 2.05) is 0 Å². The largest absolute Gasteiger partial charge is 0.508 e. The summed E-state index contributed by atoms with van der Waals surface area (Å²) in [4.78, 5) is 0. The van der Waals surface area contributed by atoms with Crippen molar-refractivity contribution >= 4 is 0 Å². The Morgan fingerprint density at radius 1 is 1.07 bits per heavy atom. The van der Waals surface area contributed by atoms with E-state index in [9.17, 15) is 18.3 Å². The van der Waals surface area contributed by atoms with Crippen molar-refractivity contribution in [1.29, 1.82) is 0 Å². The van der Waals surface area contributed by atoms with Gasteiger partial charge < -0.3 is 10.2 Å². The fourth-order valence-electron chi connectivity index (χ4n) is 0.950. The first-order chi connectivity index (χ1) is 6.25. The molecule has 0 bridgehead atoms. The van der Waals surface area contributed by atoms with Crippen molar-refractivity contribution in [3.05, 3.63) is 29.8 Å². The first-order valence-corrected chi connectivity index (χ1v) is 3.84. The Balaban J connectivity index is 3.10. The minimum absolute atomic E-state index is 0.147. The molecule has 1 atom stereocenters. The number of benzene rings is 1. The zero-order chi connectivity index (χ0) is 11.0. The summed E-state index contributed by atoms with van der Waals surface area (Å²) in [6.07, 6.45) is -4.73. The summed E-state index contributed by atoms with van der Waals surface area (Å²) in [6.45, 7) is 0.666. The van der Waals surface area contributed by atoms with E-state index in [1.165, 1.54) is 0 Å². The smallest absolute Gasteiger partial charge is 0.421 e. The molecule has 0 saturated heterocycles. The van der Waals surface area contributed by atoms with Gasteiger partial charge in [0, 0.05) is 0 Å². The molecule has 1 aromatic carbocycles. The van der Waals surface area contributed by atoms with Gasteiger partial charge in [-0.2, -0.15) is 13.2 Å². The first-order valence-electron chi connectivity index (χ1n) is 3.84. The van der Waals surface area contributed by atoms with Crippen LogP contribution in [0, 0.1) is 0 Å². The molecule has 0 saturated carbocycles.